The van der Waals surface area contributed by atoms with Gasteiger partial charge in [-0.2, -0.15) is 0 Å². The topological polar surface area (TPSA) is 83.0 Å². The van der Waals surface area contributed by atoms with Crippen LogP contribution in [-0.2, 0) is 9.59 Å². The molecule has 7 nitrogen and oxygen atoms in total. The van der Waals surface area contributed by atoms with Gasteiger partial charge in [-0.05, 0) is 43.7 Å². The largest absolute Gasteiger partial charge is 0.480 e. The summed E-state index contributed by atoms with van der Waals surface area (Å²) in [5.74, 6) is 1.84. The Bertz CT molecular complexity index is 909. The van der Waals surface area contributed by atoms with Gasteiger partial charge in [0, 0.05) is 30.6 Å². The number of fused-ring (bicyclic) bond motifs is 1. The summed E-state index contributed by atoms with van der Waals surface area (Å²) in [5, 5.41) is 12.1. The number of aliphatic hydroxyl groups is 1. The van der Waals surface area contributed by atoms with Crippen molar-refractivity contribution < 1.29 is 19.4 Å². The number of β-amino-alcohol motifs (C(OH)–C–C–N with tert-alkyl or cyclic N) is 1. The third-order valence-electron chi connectivity index (χ3n) is 9.06. The van der Waals surface area contributed by atoms with E-state index in [1.165, 1.54) is 32.1 Å². The van der Waals surface area contributed by atoms with Gasteiger partial charge in [-0.1, -0.05) is 51.9 Å². The van der Waals surface area contributed by atoms with Crippen molar-refractivity contribution in [1.82, 2.24) is 9.88 Å². The molecule has 2 aliphatic carbocycles. The highest BCUT2D eigenvalue weighted by Crippen LogP contribution is 2.52. The van der Waals surface area contributed by atoms with Crippen LogP contribution in [-0.4, -0.2) is 58.6 Å². The Morgan fingerprint density at radius 3 is 2.74 bits per heavy atom. The van der Waals surface area contributed by atoms with Gasteiger partial charge in [0.1, 0.15) is 0 Å². The molecule has 186 valence electrons. The summed E-state index contributed by atoms with van der Waals surface area (Å²) >= 11 is 0. The minimum absolute atomic E-state index is 0.0321. The van der Waals surface area contributed by atoms with Crippen LogP contribution >= 0.6 is 0 Å². The van der Waals surface area contributed by atoms with Gasteiger partial charge < -0.3 is 14.7 Å². The SMILES string of the molecule is CC(CC1CCCCC1)C(=O)N1CCC(O)(CN2C(=O)COc3cccnc32)C2(CCCC2)C1. The van der Waals surface area contributed by atoms with Crippen LogP contribution < -0.4 is 9.64 Å². The van der Waals surface area contributed by atoms with E-state index in [1.807, 2.05) is 11.0 Å². The normalized spacial score (nSPS) is 28.0. The fraction of sp³-hybridized carbons (Fsp3) is 0.741. The Kier molecular flexibility index (Phi) is 6.58. The van der Waals surface area contributed by atoms with Gasteiger partial charge in [-0.25, -0.2) is 4.98 Å². The second-order valence-electron chi connectivity index (χ2n) is 11.3. The summed E-state index contributed by atoms with van der Waals surface area (Å²) in [6.45, 7) is 3.39. The summed E-state index contributed by atoms with van der Waals surface area (Å²) < 4.78 is 5.55. The molecule has 4 aliphatic rings. The predicted molar refractivity (Wildman–Crippen MR) is 129 cm³/mol. The van der Waals surface area contributed by atoms with E-state index < -0.39 is 5.60 Å². The molecule has 0 aromatic carbocycles. The van der Waals surface area contributed by atoms with Gasteiger partial charge in [0.05, 0.1) is 12.1 Å². The van der Waals surface area contributed by atoms with Crippen molar-refractivity contribution >= 4 is 17.6 Å². The Labute approximate surface area is 202 Å². The number of rotatable bonds is 5. The molecular weight excluding hydrogens is 430 g/mol. The average Bonchev–Trinajstić information content (AvgIpc) is 3.33. The Morgan fingerprint density at radius 2 is 1.97 bits per heavy atom. The van der Waals surface area contributed by atoms with E-state index >= 15 is 0 Å². The number of likely N-dealkylation sites (tertiary alicyclic amines) is 1. The highest BCUT2D eigenvalue weighted by Gasteiger charge is 2.57. The predicted octanol–water partition coefficient (Wildman–Crippen LogP) is 3.94. The third-order valence-corrected chi connectivity index (χ3v) is 9.06. The van der Waals surface area contributed by atoms with Crippen LogP contribution in [0.1, 0.15) is 77.6 Å². The first-order valence-corrected chi connectivity index (χ1v) is 13.3. The smallest absolute Gasteiger partial charge is 0.266 e. The first kappa shape index (κ1) is 23.6. The van der Waals surface area contributed by atoms with Crippen molar-refractivity contribution in [2.24, 2.45) is 17.3 Å². The number of pyridine rings is 1. The second kappa shape index (κ2) is 9.48. The zero-order valence-electron chi connectivity index (χ0n) is 20.5. The zero-order chi connectivity index (χ0) is 23.8. The standard InChI is InChI=1S/C27H39N3O4/c1-20(16-21-8-3-2-4-9-21)25(32)29-15-13-27(33,26(18-29)11-5-6-12-26)19-30-23(31)17-34-22-10-7-14-28-24(22)30/h7,10,14,20-21,33H,2-6,8-9,11-13,15-19H2,1H3. The minimum Gasteiger partial charge on any atom is -0.480 e. The molecule has 3 heterocycles. The van der Waals surface area contributed by atoms with Gasteiger partial charge in [-0.15, -0.1) is 0 Å². The number of hydrogen-bond donors (Lipinski definition) is 1. The van der Waals surface area contributed by atoms with Crippen molar-refractivity contribution in [2.45, 2.75) is 83.2 Å². The molecule has 1 saturated heterocycles. The monoisotopic (exact) mass is 469 g/mol. The number of aromatic nitrogens is 1. The fourth-order valence-corrected chi connectivity index (χ4v) is 7.08. The van der Waals surface area contributed by atoms with Crippen LogP contribution in [0.4, 0.5) is 5.82 Å². The molecule has 5 rings (SSSR count). The summed E-state index contributed by atoms with van der Waals surface area (Å²) in [6.07, 6.45) is 13.4. The maximum Gasteiger partial charge on any atom is 0.266 e. The second-order valence-corrected chi connectivity index (χ2v) is 11.3. The van der Waals surface area contributed by atoms with Crippen LogP contribution in [0.3, 0.4) is 0 Å². The zero-order valence-corrected chi connectivity index (χ0v) is 20.5. The van der Waals surface area contributed by atoms with Gasteiger partial charge in [-0.3, -0.25) is 14.5 Å². The van der Waals surface area contributed by atoms with E-state index in [1.54, 1.807) is 17.2 Å². The van der Waals surface area contributed by atoms with Crippen LogP contribution in [0.2, 0.25) is 0 Å². The lowest BCUT2D eigenvalue weighted by molar-refractivity contribution is -0.158. The molecule has 2 unspecified atom stereocenters. The van der Waals surface area contributed by atoms with E-state index in [0.717, 1.165) is 32.1 Å². The number of piperidine rings is 1. The van der Waals surface area contributed by atoms with Gasteiger partial charge in [0.25, 0.3) is 5.91 Å². The fourth-order valence-electron chi connectivity index (χ4n) is 7.08. The lowest BCUT2D eigenvalue weighted by Gasteiger charge is -2.54. The number of carbonyl (C=O) groups excluding carboxylic acids is 2. The molecule has 2 saturated carbocycles. The molecule has 1 N–H and O–H groups in total. The number of anilines is 1. The van der Waals surface area contributed by atoms with E-state index in [2.05, 4.69) is 11.9 Å². The summed E-state index contributed by atoms with van der Waals surface area (Å²) in [6, 6.07) is 3.60. The maximum atomic E-state index is 13.5. The molecule has 3 fully saturated rings. The van der Waals surface area contributed by atoms with Crippen molar-refractivity contribution in [3.8, 4) is 5.75 Å². The third kappa shape index (κ3) is 4.32. The quantitative estimate of drug-likeness (QED) is 0.706. The first-order valence-electron chi connectivity index (χ1n) is 13.3. The molecule has 0 radical (unpaired) electrons. The van der Waals surface area contributed by atoms with E-state index in [0.29, 0.717) is 37.0 Å². The Hall–Kier alpha value is -2.15. The molecule has 1 aromatic rings. The lowest BCUT2D eigenvalue weighted by atomic mass is 9.65. The first-order chi connectivity index (χ1) is 16.4. The van der Waals surface area contributed by atoms with Crippen molar-refractivity contribution in [1.29, 1.82) is 0 Å². The van der Waals surface area contributed by atoms with Crippen LogP contribution in [0.5, 0.6) is 5.75 Å². The molecule has 1 spiro atoms. The Balaban J connectivity index is 1.32. The molecule has 2 aliphatic heterocycles. The maximum absolute atomic E-state index is 13.5. The summed E-state index contributed by atoms with van der Waals surface area (Å²) in [7, 11) is 0. The summed E-state index contributed by atoms with van der Waals surface area (Å²) in [4.78, 5) is 34.3. The number of hydrogen-bond acceptors (Lipinski definition) is 5. The molecule has 7 heteroatoms. The number of carbonyl (C=O) groups is 2. The van der Waals surface area contributed by atoms with Crippen molar-refractivity contribution in [2.75, 3.05) is 31.1 Å². The molecule has 2 atom stereocenters. The minimum atomic E-state index is -1.05. The number of nitrogens with zero attached hydrogens (tertiary/aromatic N) is 3. The van der Waals surface area contributed by atoms with Gasteiger partial charge >= 0.3 is 0 Å². The Morgan fingerprint density at radius 1 is 1.21 bits per heavy atom. The highest BCUT2D eigenvalue weighted by molar-refractivity contribution is 5.96. The molecular formula is C27H39N3O4. The van der Waals surface area contributed by atoms with Crippen LogP contribution in [0.15, 0.2) is 18.3 Å². The highest BCUT2D eigenvalue weighted by atomic mass is 16.5. The van der Waals surface area contributed by atoms with Crippen LogP contribution in [0, 0.1) is 17.3 Å². The number of amides is 2. The van der Waals surface area contributed by atoms with Crippen LogP contribution in [0.25, 0.3) is 0 Å². The number of ether oxygens (including phenoxy) is 1. The van der Waals surface area contributed by atoms with Gasteiger partial charge in [0.15, 0.2) is 18.2 Å². The lowest BCUT2D eigenvalue weighted by Crippen LogP contribution is -2.65. The molecule has 34 heavy (non-hydrogen) atoms. The van der Waals surface area contributed by atoms with E-state index in [4.69, 9.17) is 4.74 Å². The summed E-state index contributed by atoms with van der Waals surface area (Å²) in [5.41, 5.74) is -1.42. The van der Waals surface area contributed by atoms with E-state index in [-0.39, 0.29) is 36.3 Å². The molecule has 2 amide bonds. The van der Waals surface area contributed by atoms with E-state index in [9.17, 15) is 14.7 Å². The average molecular weight is 470 g/mol. The van der Waals surface area contributed by atoms with Gasteiger partial charge in [0.2, 0.25) is 5.91 Å². The van der Waals surface area contributed by atoms with Crippen molar-refractivity contribution in [3.63, 3.8) is 0 Å². The molecule has 0 bridgehead atoms. The molecule has 1 aromatic heterocycles. The van der Waals surface area contributed by atoms with Crippen molar-refractivity contribution in [3.05, 3.63) is 18.3 Å².